The predicted octanol–water partition coefficient (Wildman–Crippen LogP) is 7.48. The zero-order valence-corrected chi connectivity index (χ0v) is 18.3. The van der Waals surface area contributed by atoms with Crippen LogP contribution < -0.4 is 0 Å². The van der Waals surface area contributed by atoms with Gasteiger partial charge in [0.05, 0.1) is 0 Å². The minimum Gasteiger partial charge on any atom is -0.520 e. The number of unbranched alkanes of at least 4 members (excludes halogenated alkanes) is 10. The smallest absolute Gasteiger partial charge is 0.292 e. The Morgan fingerprint density at radius 3 is 1.71 bits per heavy atom. The maximum absolute atomic E-state index is 11.7. The molecular formula is C21H44O2Si. The van der Waals surface area contributed by atoms with Gasteiger partial charge in [-0.05, 0) is 32.0 Å². The second kappa shape index (κ2) is 15.0. The summed E-state index contributed by atoms with van der Waals surface area (Å²) >= 11 is 0. The van der Waals surface area contributed by atoms with E-state index in [0.717, 1.165) is 6.42 Å². The van der Waals surface area contributed by atoms with E-state index >= 15 is 0 Å². The van der Waals surface area contributed by atoms with Gasteiger partial charge in [-0.2, -0.15) is 0 Å². The molecule has 3 heteroatoms. The van der Waals surface area contributed by atoms with E-state index in [1.165, 1.54) is 77.0 Å². The van der Waals surface area contributed by atoms with Gasteiger partial charge >= 0.3 is 0 Å². The molecule has 0 N–H and O–H groups in total. The van der Waals surface area contributed by atoms with Crippen molar-refractivity contribution >= 4 is 14.3 Å². The van der Waals surface area contributed by atoms with E-state index < -0.39 is 8.32 Å². The van der Waals surface area contributed by atoms with Crippen molar-refractivity contribution in [3.8, 4) is 0 Å². The van der Waals surface area contributed by atoms with Gasteiger partial charge in [0.2, 0.25) is 8.32 Å². The first-order valence-corrected chi connectivity index (χ1v) is 14.0. The van der Waals surface area contributed by atoms with Crippen molar-refractivity contribution in [3.63, 3.8) is 0 Å². The van der Waals surface area contributed by atoms with Gasteiger partial charge in [-0.1, -0.05) is 90.9 Å². The topological polar surface area (TPSA) is 26.3 Å². The predicted molar refractivity (Wildman–Crippen MR) is 109 cm³/mol. The van der Waals surface area contributed by atoms with Gasteiger partial charge in [-0.25, -0.2) is 0 Å². The van der Waals surface area contributed by atoms with Gasteiger partial charge in [-0.15, -0.1) is 0 Å². The quantitative estimate of drug-likeness (QED) is 0.211. The van der Waals surface area contributed by atoms with Crippen molar-refractivity contribution in [2.45, 2.75) is 123 Å². The summed E-state index contributed by atoms with van der Waals surface area (Å²) in [5, 5.41) is 0. The van der Waals surface area contributed by atoms with E-state index in [1.54, 1.807) is 0 Å². The maximum Gasteiger partial charge on any atom is 0.292 e. The van der Waals surface area contributed by atoms with Crippen LogP contribution in [0.4, 0.5) is 0 Å². The van der Waals surface area contributed by atoms with Crippen LogP contribution in [0.3, 0.4) is 0 Å². The lowest BCUT2D eigenvalue weighted by atomic mass is 9.97. The summed E-state index contributed by atoms with van der Waals surface area (Å²) in [5.41, 5.74) is 0. The van der Waals surface area contributed by atoms with E-state index in [9.17, 15) is 4.79 Å². The van der Waals surface area contributed by atoms with E-state index in [1.807, 2.05) is 0 Å². The van der Waals surface area contributed by atoms with E-state index in [4.69, 9.17) is 4.43 Å². The zero-order valence-electron chi connectivity index (χ0n) is 17.3. The monoisotopic (exact) mass is 356 g/mol. The van der Waals surface area contributed by atoms with Gasteiger partial charge in [0.15, 0.2) is 0 Å². The van der Waals surface area contributed by atoms with E-state index in [0.29, 0.717) is 12.3 Å². The minimum atomic E-state index is -1.70. The van der Waals surface area contributed by atoms with Gasteiger partial charge in [0.25, 0.3) is 5.97 Å². The highest BCUT2D eigenvalue weighted by Gasteiger charge is 2.19. The normalized spacial score (nSPS) is 13.0. The fourth-order valence-electron chi connectivity index (χ4n) is 3.06. The number of carbonyl (C=O) groups excluding carboxylic acids is 1. The van der Waals surface area contributed by atoms with Crippen molar-refractivity contribution in [1.82, 2.24) is 0 Å². The first-order chi connectivity index (χ1) is 11.3. The van der Waals surface area contributed by atoms with Gasteiger partial charge < -0.3 is 4.43 Å². The standard InChI is InChI=1S/C21H44O2Si/c1-6-7-8-9-10-11-12-13-14-15-16-17-20(2)18-19-21(22)23-24(3,4)5/h20H,6-19H2,1-5H3. The summed E-state index contributed by atoms with van der Waals surface area (Å²) in [5.74, 6) is 0.665. The van der Waals surface area contributed by atoms with Gasteiger partial charge in [-0.3, -0.25) is 4.79 Å². The number of rotatable bonds is 16. The van der Waals surface area contributed by atoms with Crippen LogP contribution in [0.1, 0.15) is 104 Å². The third kappa shape index (κ3) is 18.0. The molecule has 1 unspecified atom stereocenters. The zero-order chi connectivity index (χ0) is 18.3. The summed E-state index contributed by atoms with van der Waals surface area (Å²) in [7, 11) is -1.70. The summed E-state index contributed by atoms with van der Waals surface area (Å²) in [6.45, 7) is 10.8. The Bertz CT molecular complexity index is 297. The van der Waals surface area contributed by atoms with E-state index in [2.05, 4.69) is 33.5 Å². The Hall–Kier alpha value is -0.313. The van der Waals surface area contributed by atoms with Crippen molar-refractivity contribution < 1.29 is 9.22 Å². The lowest BCUT2D eigenvalue weighted by molar-refractivity contribution is -0.135. The second-order valence-corrected chi connectivity index (χ2v) is 13.0. The lowest BCUT2D eigenvalue weighted by Gasteiger charge is -2.18. The van der Waals surface area contributed by atoms with Crippen LogP contribution in [0.25, 0.3) is 0 Å². The molecule has 0 aliphatic rings. The number of hydrogen-bond acceptors (Lipinski definition) is 2. The molecule has 0 bridgehead atoms. The molecule has 2 nitrogen and oxygen atoms in total. The Morgan fingerprint density at radius 2 is 1.25 bits per heavy atom. The third-order valence-corrected chi connectivity index (χ3v) is 5.40. The molecule has 0 spiro atoms. The first kappa shape index (κ1) is 23.7. The first-order valence-electron chi connectivity index (χ1n) is 10.6. The SMILES string of the molecule is CCCCCCCCCCCCCC(C)CCC(=O)O[Si](C)(C)C. The molecular weight excluding hydrogens is 312 g/mol. The molecule has 0 aromatic heterocycles. The second-order valence-electron chi connectivity index (χ2n) is 8.55. The molecule has 0 aromatic rings. The summed E-state index contributed by atoms with van der Waals surface area (Å²) in [6, 6.07) is 0. The Labute approximate surface area is 153 Å². The summed E-state index contributed by atoms with van der Waals surface area (Å²) < 4.78 is 5.50. The average molecular weight is 357 g/mol. The molecule has 0 fully saturated rings. The highest BCUT2D eigenvalue weighted by Crippen LogP contribution is 2.18. The molecule has 0 aliphatic carbocycles. The van der Waals surface area contributed by atoms with Crippen LogP contribution in [0.5, 0.6) is 0 Å². The Balaban J connectivity index is 3.34. The molecule has 0 aliphatic heterocycles. The van der Waals surface area contributed by atoms with Crippen LogP contribution in [0, 0.1) is 5.92 Å². The molecule has 0 aromatic carbocycles. The van der Waals surface area contributed by atoms with Gasteiger partial charge in [0, 0.05) is 6.42 Å². The van der Waals surface area contributed by atoms with Crippen molar-refractivity contribution in [2.75, 3.05) is 0 Å². The van der Waals surface area contributed by atoms with Crippen molar-refractivity contribution in [3.05, 3.63) is 0 Å². The summed E-state index contributed by atoms with van der Waals surface area (Å²) in [6.07, 6.45) is 18.2. The number of carbonyl (C=O) groups is 1. The van der Waals surface area contributed by atoms with E-state index in [-0.39, 0.29) is 5.97 Å². The van der Waals surface area contributed by atoms with Crippen LogP contribution >= 0.6 is 0 Å². The molecule has 0 heterocycles. The fraction of sp³-hybridized carbons (Fsp3) is 0.952. The number of hydrogen-bond donors (Lipinski definition) is 0. The molecule has 0 saturated heterocycles. The highest BCUT2D eigenvalue weighted by atomic mass is 28.4. The Kier molecular flexibility index (Phi) is 14.8. The van der Waals surface area contributed by atoms with Gasteiger partial charge in [0.1, 0.15) is 0 Å². The largest absolute Gasteiger partial charge is 0.520 e. The highest BCUT2D eigenvalue weighted by molar-refractivity contribution is 6.71. The summed E-state index contributed by atoms with van der Waals surface area (Å²) in [4.78, 5) is 11.7. The molecule has 0 rings (SSSR count). The molecule has 144 valence electrons. The van der Waals surface area contributed by atoms with Crippen LogP contribution in [-0.2, 0) is 9.22 Å². The Morgan fingerprint density at radius 1 is 0.792 bits per heavy atom. The third-order valence-electron chi connectivity index (χ3n) is 4.56. The molecule has 1 atom stereocenters. The van der Waals surface area contributed by atoms with Crippen molar-refractivity contribution in [1.29, 1.82) is 0 Å². The minimum absolute atomic E-state index is 0.0138. The molecule has 0 amide bonds. The average Bonchev–Trinajstić information content (AvgIpc) is 2.49. The molecule has 24 heavy (non-hydrogen) atoms. The maximum atomic E-state index is 11.7. The van der Waals surface area contributed by atoms with Crippen LogP contribution in [0.2, 0.25) is 19.6 Å². The molecule has 0 saturated carbocycles. The van der Waals surface area contributed by atoms with Crippen LogP contribution in [-0.4, -0.2) is 14.3 Å². The van der Waals surface area contributed by atoms with Crippen molar-refractivity contribution in [2.24, 2.45) is 5.92 Å². The fourth-order valence-corrected chi connectivity index (χ4v) is 3.84. The lowest BCUT2D eigenvalue weighted by Crippen LogP contribution is -2.29. The van der Waals surface area contributed by atoms with Crippen LogP contribution in [0.15, 0.2) is 0 Å². The molecule has 0 radical (unpaired) electrons.